The van der Waals surface area contributed by atoms with E-state index in [0.717, 1.165) is 10.0 Å². The van der Waals surface area contributed by atoms with Crippen molar-refractivity contribution in [1.82, 2.24) is 9.78 Å². The molecule has 0 saturated heterocycles. The number of ether oxygens (including phenoxy) is 1. The minimum Gasteiger partial charge on any atom is -0.378 e. The Morgan fingerprint density at radius 1 is 1.33 bits per heavy atom. The Kier molecular flexibility index (Phi) is 5.32. The maximum absolute atomic E-state index is 11.6. The van der Waals surface area contributed by atoms with Gasteiger partial charge < -0.3 is 4.74 Å². The molecule has 0 unspecified atom stereocenters. The normalized spacial score (nSPS) is 11.8. The molecule has 0 saturated carbocycles. The van der Waals surface area contributed by atoms with Crippen LogP contribution >= 0.6 is 38.2 Å². The van der Waals surface area contributed by atoms with E-state index in [4.69, 9.17) is 27.0 Å². The smallest absolute Gasteiger partial charge is 0.266 e. The topological polar surface area (TPSA) is 61.2 Å². The van der Waals surface area contributed by atoms with Crippen molar-refractivity contribution in [1.29, 1.82) is 0 Å². The molecule has 0 aliphatic heterocycles. The summed E-state index contributed by atoms with van der Waals surface area (Å²) in [6, 6.07) is 7.52. The number of methoxy groups -OCH3 is 1. The molecule has 0 radical (unpaired) electrons. The van der Waals surface area contributed by atoms with Crippen molar-refractivity contribution in [2.75, 3.05) is 7.11 Å². The van der Waals surface area contributed by atoms with Gasteiger partial charge in [-0.25, -0.2) is 13.1 Å². The summed E-state index contributed by atoms with van der Waals surface area (Å²) in [6.07, 6.45) is 0. The van der Waals surface area contributed by atoms with Crippen LogP contribution in [0.3, 0.4) is 0 Å². The summed E-state index contributed by atoms with van der Waals surface area (Å²) >= 11 is 9.45. The van der Waals surface area contributed by atoms with Crippen LogP contribution in [0, 0.1) is 0 Å². The van der Waals surface area contributed by atoms with Gasteiger partial charge in [-0.1, -0.05) is 39.7 Å². The lowest BCUT2D eigenvalue weighted by molar-refractivity contribution is 0.178. The van der Waals surface area contributed by atoms with Gasteiger partial charge in [0.05, 0.1) is 13.2 Å². The summed E-state index contributed by atoms with van der Waals surface area (Å²) in [5.74, 6) is 0. The third kappa shape index (κ3) is 3.98. The van der Waals surface area contributed by atoms with Crippen molar-refractivity contribution in [3.63, 3.8) is 0 Å². The molecule has 0 N–H and O–H groups in total. The Hall–Kier alpha value is -0.600. The van der Waals surface area contributed by atoms with Gasteiger partial charge in [-0.3, -0.25) is 0 Å². The summed E-state index contributed by atoms with van der Waals surface area (Å²) in [5, 5.41) is 4.14. The Morgan fingerprint density at radius 3 is 2.48 bits per heavy atom. The van der Waals surface area contributed by atoms with Crippen molar-refractivity contribution in [2.24, 2.45) is 0 Å². The molecule has 2 aromatic rings. The fourth-order valence-electron chi connectivity index (χ4n) is 1.81. The lowest BCUT2D eigenvalue weighted by Crippen LogP contribution is -2.02. The minimum atomic E-state index is -4.00. The number of benzene rings is 1. The third-order valence-corrected chi connectivity index (χ3v) is 5.09. The first-order chi connectivity index (χ1) is 9.82. The van der Waals surface area contributed by atoms with E-state index in [-0.39, 0.29) is 22.3 Å². The highest BCUT2D eigenvalue weighted by molar-refractivity contribution is 9.10. The lowest BCUT2D eigenvalue weighted by atomic mass is 10.2. The maximum Gasteiger partial charge on any atom is 0.266 e. The van der Waals surface area contributed by atoms with E-state index in [0.29, 0.717) is 6.54 Å². The van der Waals surface area contributed by atoms with Crippen LogP contribution in [0.2, 0.25) is 5.15 Å². The van der Waals surface area contributed by atoms with Gasteiger partial charge in [-0.15, -0.1) is 0 Å². The van der Waals surface area contributed by atoms with Gasteiger partial charge in [0.1, 0.15) is 15.7 Å². The van der Waals surface area contributed by atoms with Gasteiger partial charge in [-0.05, 0) is 17.7 Å². The molecule has 1 aromatic carbocycles. The zero-order chi connectivity index (χ0) is 15.6. The molecule has 21 heavy (non-hydrogen) atoms. The number of aromatic nitrogens is 2. The molecular weight excluding hydrogens is 403 g/mol. The molecule has 2 rings (SSSR count). The van der Waals surface area contributed by atoms with Gasteiger partial charge in [0, 0.05) is 22.3 Å². The zero-order valence-electron chi connectivity index (χ0n) is 10.9. The Bertz CT molecular complexity index is 745. The van der Waals surface area contributed by atoms with Crippen LogP contribution < -0.4 is 0 Å². The number of nitrogens with zero attached hydrogens (tertiary/aromatic N) is 2. The average molecular weight is 414 g/mol. The van der Waals surface area contributed by atoms with E-state index in [1.807, 2.05) is 24.3 Å². The van der Waals surface area contributed by atoms with Crippen LogP contribution in [0.15, 0.2) is 33.6 Å². The number of halogens is 3. The predicted molar refractivity (Wildman–Crippen MR) is 84.2 cm³/mol. The standard InChI is InChI=1S/C12H11BrCl2N2O3S/c1-20-7-10-11(21(15,18)19)12(14)17(16-10)6-8-2-4-9(13)5-3-8/h2-5H,6-7H2,1H3. The molecule has 0 atom stereocenters. The van der Waals surface area contributed by atoms with Gasteiger partial charge in [-0.2, -0.15) is 5.10 Å². The summed E-state index contributed by atoms with van der Waals surface area (Å²) in [4.78, 5) is -0.204. The second kappa shape index (κ2) is 6.66. The highest BCUT2D eigenvalue weighted by Gasteiger charge is 2.26. The van der Waals surface area contributed by atoms with Crippen molar-refractivity contribution < 1.29 is 13.2 Å². The molecule has 0 aliphatic carbocycles. The quantitative estimate of drug-likeness (QED) is 0.704. The number of rotatable bonds is 5. The molecule has 5 nitrogen and oxygen atoms in total. The zero-order valence-corrected chi connectivity index (χ0v) is 14.8. The second-order valence-electron chi connectivity index (χ2n) is 4.22. The first kappa shape index (κ1) is 16.8. The Labute approximate surface area is 140 Å². The van der Waals surface area contributed by atoms with Gasteiger partial charge in [0.15, 0.2) is 0 Å². The SMILES string of the molecule is COCc1nn(Cc2ccc(Br)cc2)c(Cl)c1S(=O)(=O)Cl. The van der Waals surface area contributed by atoms with E-state index in [1.165, 1.54) is 11.8 Å². The van der Waals surface area contributed by atoms with Crippen molar-refractivity contribution >= 4 is 47.3 Å². The fourth-order valence-corrected chi connectivity index (χ4v) is 3.88. The van der Waals surface area contributed by atoms with E-state index < -0.39 is 9.05 Å². The second-order valence-corrected chi connectivity index (χ2v) is 8.00. The third-order valence-electron chi connectivity index (χ3n) is 2.69. The van der Waals surface area contributed by atoms with Crippen LogP contribution in [0.25, 0.3) is 0 Å². The summed E-state index contributed by atoms with van der Waals surface area (Å²) in [6.45, 7) is 0.337. The molecule has 0 aliphatic rings. The summed E-state index contributed by atoms with van der Waals surface area (Å²) in [5.41, 5.74) is 1.11. The molecule has 0 amide bonds. The minimum absolute atomic E-state index is 0.00827. The van der Waals surface area contributed by atoms with Crippen LogP contribution in [0.4, 0.5) is 0 Å². The number of hydrogen-bond acceptors (Lipinski definition) is 4. The number of hydrogen-bond donors (Lipinski definition) is 0. The summed E-state index contributed by atoms with van der Waals surface area (Å²) in [7, 11) is 2.86. The van der Waals surface area contributed by atoms with Crippen molar-refractivity contribution in [3.8, 4) is 0 Å². The van der Waals surface area contributed by atoms with Gasteiger partial charge >= 0.3 is 0 Å². The molecule has 114 valence electrons. The van der Waals surface area contributed by atoms with Crippen LogP contribution in [0.5, 0.6) is 0 Å². The molecule has 9 heteroatoms. The summed E-state index contributed by atoms with van der Waals surface area (Å²) < 4.78 is 30.5. The predicted octanol–water partition coefficient (Wildman–Crippen LogP) is 3.42. The van der Waals surface area contributed by atoms with E-state index in [2.05, 4.69) is 21.0 Å². The monoisotopic (exact) mass is 412 g/mol. The van der Waals surface area contributed by atoms with Crippen molar-refractivity contribution in [3.05, 3.63) is 45.1 Å². The molecular formula is C12H11BrCl2N2O3S. The molecule has 0 bridgehead atoms. The highest BCUT2D eigenvalue weighted by Crippen LogP contribution is 2.29. The van der Waals surface area contributed by atoms with Crippen LogP contribution in [0.1, 0.15) is 11.3 Å². The van der Waals surface area contributed by atoms with Crippen molar-refractivity contribution in [2.45, 2.75) is 18.0 Å². The van der Waals surface area contributed by atoms with E-state index in [1.54, 1.807) is 0 Å². The molecule has 0 fully saturated rings. The van der Waals surface area contributed by atoms with Crippen LogP contribution in [-0.2, 0) is 26.9 Å². The highest BCUT2D eigenvalue weighted by atomic mass is 79.9. The Balaban J connectivity index is 2.43. The Morgan fingerprint density at radius 2 is 1.95 bits per heavy atom. The molecule has 1 heterocycles. The lowest BCUT2D eigenvalue weighted by Gasteiger charge is -2.03. The van der Waals surface area contributed by atoms with E-state index in [9.17, 15) is 8.42 Å². The fraction of sp³-hybridized carbons (Fsp3) is 0.250. The maximum atomic E-state index is 11.6. The molecule has 1 aromatic heterocycles. The van der Waals surface area contributed by atoms with Crippen LogP contribution in [-0.4, -0.2) is 25.3 Å². The van der Waals surface area contributed by atoms with Gasteiger partial charge in [0.25, 0.3) is 9.05 Å². The van der Waals surface area contributed by atoms with E-state index >= 15 is 0 Å². The largest absolute Gasteiger partial charge is 0.378 e. The average Bonchev–Trinajstić information content (AvgIpc) is 2.69. The van der Waals surface area contributed by atoms with Gasteiger partial charge in [0.2, 0.25) is 0 Å². The molecule has 0 spiro atoms. The first-order valence-electron chi connectivity index (χ1n) is 5.76. The first-order valence-corrected chi connectivity index (χ1v) is 9.24.